The number of amides is 2. The molecule has 1 N–H and O–H groups in total. The second kappa shape index (κ2) is 8.81. The number of aromatic nitrogens is 2. The van der Waals surface area contributed by atoms with Crippen molar-refractivity contribution in [3.05, 3.63) is 51.8 Å². The molecule has 1 fully saturated rings. The molecule has 1 atom stereocenters. The van der Waals surface area contributed by atoms with Gasteiger partial charge in [-0.25, -0.2) is 9.97 Å². The lowest BCUT2D eigenvalue weighted by atomic mass is 10.1. The third-order valence-electron chi connectivity index (χ3n) is 5.98. The van der Waals surface area contributed by atoms with Gasteiger partial charge in [-0.3, -0.25) is 9.59 Å². The van der Waals surface area contributed by atoms with Gasteiger partial charge in [-0.15, -0.1) is 22.7 Å². The summed E-state index contributed by atoms with van der Waals surface area (Å²) in [6.45, 7) is 6.28. The number of nitrogens with one attached hydrogen (secondary N) is 1. The normalized spacial score (nSPS) is 15.8. The van der Waals surface area contributed by atoms with Crippen LogP contribution in [-0.2, 0) is 9.59 Å². The van der Waals surface area contributed by atoms with E-state index in [4.69, 9.17) is 4.74 Å². The molecule has 1 aliphatic heterocycles. The van der Waals surface area contributed by atoms with Crippen molar-refractivity contribution >= 4 is 55.5 Å². The molecule has 7 nitrogen and oxygen atoms in total. The first-order valence-electron chi connectivity index (χ1n) is 10.9. The Labute approximate surface area is 205 Å². The number of carbonyl (C=O) groups excluding carboxylic acids is 2. The van der Waals surface area contributed by atoms with E-state index in [1.165, 1.54) is 11.3 Å². The summed E-state index contributed by atoms with van der Waals surface area (Å²) in [5.41, 5.74) is 4.48. The fraction of sp³-hybridized carbons (Fsp3) is 0.280. The maximum absolute atomic E-state index is 13.0. The largest absolute Gasteiger partial charge is 0.496 e. The van der Waals surface area contributed by atoms with Crippen LogP contribution >= 0.6 is 22.7 Å². The van der Waals surface area contributed by atoms with Crippen molar-refractivity contribution in [3.63, 3.8) is 0 Å². The second-order valence-corrected chi connectivity index (χ2v) is 10.8. The van der Waals surface area contributed by atoms with Crippen molar-refractivity contribution in [1.29, 1.82) is 0 Å². The minimum absolute atomic E-state index is 0.0591. The van der Waals surface area contributed by atoms with Gasteiger partial charge < -0.3 is 15.0 Å². The number of rotatable bonds is 5. The first-order chi connectivity index (χ1) is 16.3. The molecular weight excluding hydrogens is 468 g/mol. The second-order valence-electron chi connectivity index (χ2n) is 8.39. The highest BCUT2D eigenvalue weighted by Crippen LogP contribution is 2.34. The summed E-state index contributed by atoms with van der Waals surface area (Å²) >= 11 is 3.06. The average Bonchev–Trinajstić information content (AvgIpc) is 3.48. The number of benzene rings is 2. The Morgan fingerprint density at radius 1 is 1.12 bits per heavy atom. The Hall–Kier alpha value is -3.30. The number of nitrogens with zero attached hydrogens (tertiary/aromatic N) is 3. The molecule has 0 bridgehead atoms. The third-order valence-corrected chi connectivity index (χ3v) is 7.82. The van der Waals surface area contributed by atoms with Crippen LogP contribution in [0.25, 0.3) is 21.5 Å². The zero-order valence-electron chi connectivity index (χ0n) is 19.3. The number of ether oxygens (including phenoxy) is 1. The third kappa shape index (κ3) is 4.17. The standard InChI is InChI=1S/C25H24N4O3S2/c1-13-9-16(5-7-20(13)32-4)23-14(2)33-25(27-23)28-24(31)17-10-22(30)29(12-17)18-6-8-21-19(11-18)26-15(3)34-21/h5-9,11,17H,10,12H2,1-4H3,(H,27,28,31). The van der Waals surface area contributed by atoms with E-state index in [2.05, 4.69) is 15.3 Å². The molecule has 0 saturated carbocycles. The van der Waals surface area contributed by atoms with Gasteiger partial charge >= 0.3 is 0 Å². The SMILES string of the molecule is COc1ccc(-c2nc(NC(=O)C3CC(=O)N(c4ccc5sc(C)nc5c4)C3)sc2C)cc1C. The van der Waals surface area contributed by atoms with Gasteiger partial charge in [-0.2, -0.15) is 0 Å². The summed E-state index contributed by atoms with van der Waals surface area (Å²) < 4.78 is 6.43. The molecule has 0 aliphatic carbocycles. The molecule has 1 unspecified atom stereocenters. The van der Waals surface area contributed by atoms with Gasteiger partial charge in [0.2, 0.25) is 11.8 Å². The van der Waals surface area contributed by atoms with E-state index in [9.17, 15) is 9.59 Å². The van der Waals surface area contributed by atoms with Crippen LogP contribution in [-0.4, -0.2) is 35.4 Å². The van der Waals surface area contributed by atoms with Crippen LogP contribution in [0.15, 0.2) is 36.4 Å². The van der Waals surface area contributed by atoms with Gasteiger partial charge in [0.1, 0.15) is 5.75 Å². The summed E-state index contributed by atoms with van der Waals surface area (Å²) in [5.74, 6) is 0.143. The highest BCUT2D eigenvalue weighted by Gasteiger charge is 2.35. The number of carbonyl (C=O) groups is 2. The van der Waals surface area contributed by atoms with Gasteiger partial charge in [0.25, 0.3) is 0 Å². The summed E-state index contributed by atoms with van der Waals surface area (Å²) in [6, 6.07) is 11.7. The Kier molecular flexibility index (Phi) is 5.83. The Bertz CT molecular complexity index is 1430. The molecule has 0 radical (unpaired) electrons. The Morgan fingerprint density at radius 3 is 2.71 bits per heavy atom. The van der Waals surface area contributed by atoms with Gasteiger partial charge in [0, 0.05) is 29.1 Å². The summed E-state index contributed by atoms with van der Waals surface area (Å²) in [6.07, 6.45) is 0.175. The number of hydrogen-bond donors (Lipinski definition) is 1. The predicted octanol–water partition coefficient (Wildman–Crippen LogP) is 5.35. The minimum Gasteiger partial charge on any atom is -0.496 e. The molecule has 9 heteroatoms. The lowest BCUT2D eigenvalue weighted by molar-refractivity contribution is -0.122. The van der Waals surface area contributed by atoms with E-state index in [0.717, 1.165) is 48.4 Å². The highest BCUT2D eigenvalue weighted by atomic mass is 32.1. The first-order valence-corrected chi connectivity index (χ1v) is 12.6. The maximum atomic E-state index is 13.0. The predicted molar refractivity (Wildman–Crippen MR) is 137 cm³/mol. The zero-order valence-corrected chi connectivity index (χ0v) is 21.0. The highest BCUT2D eigenvalue weighted by molar-refractivity contribution is 7.18. The van der Waals surface area contributed by atoms with Gasteiger partial charge in [0.05, 0.1) is 33.9 Å². The molecule has 2 amide bonds. The number of aryl methyl sites for hydroxylation is 3. The molecular formula is C25H24N4O3S2. The Balaban J connectivity index is 1.30. The summed E-state index contributed by atoms with van der Waals surface area (Å²) in [5, 5.41) is 4.46. The Morgan fingerprint density at radius 2 is 1.94 bits per heavy atom. The van der Waals surface area contributed by atoms with Crippen LogP contribution < -0.4 is 15.0 Å². The van der Waals surface area contributed by atoms with Crippen LogP contribution in [0, 0.1) is 26.7 Å². The van der Waals surface area contributed by atoms with Crippen LogP contribution in [0.5, 0.6) is 5.75 Å². The quantitative estimate of drug-likeness (QED) is 0.406. The van der Waals surface area contributed by atoms with Crippen LogP contribution in [0.2, 0.25) is 0 Å². The van der Waals surface area contributed by atoms with Crippen molar-refractivity contribution in [2.45, 2.75) is 27.2 Å². The fourth-order valence-electron chi connectivity index (χ4n) is 4.28. The summed E-state index contributed by atoms with van der Waals surface area (Å²) in [7, 11) is 1.65. The lowest BCUT2D eigenvalue weighted by Gasteiger charge is -2.16. The zero-order chi connectivity index (χ0) is 24.0. The molecule has 0 spiro atoms. The van der Waals surface area contributed by atoms with Gasteiger partial charge in [-0.05, 0) is 62.7 Å². The number of anilines is 2. The van der Waals surface area contributed by atoms with E-state index in [1.54, 1.807) is 23.3 Å². The number of hydrogen-bond acceptors (Lipinski definition) is 7. The average molecular weight is 493 g/mol. The van der Waals surface area contributed by atoms with Crippen molar-refractivity contribution in [2.75, 3.05) is 23.9 Å². The van der Waals surface area contributed by atoms with E-state index in [0.29, 0.717) is 11.7 Å². The number of fused-ring (bicyclic) bond motifs is 1. The topological polar surface area (TPSA) is 84.4 Å². The monoisotopic (exact) mass is 492 g/mol. The molecule has 2 aromatic carbocycles. The van der Waals surface area contributed by atoms with E-state index < -0.39 is 5.92 Å². The van der Waals surface area contributed by atoms with Crippen molar-refractivity contribution < 1.29 is 14.3 Å². The van der Waals surface area contributed by atoms with Gasteiger partial charge in [0.15, 0.2) is 5.13 Å². The smallest absolute Gasteiger partial charge is 0.231 e. The first kappa shape index (κ1) is 22.5. The molecule has 1 aliphatic rings. The maximum Gasteiger partial charge on any atom is 0.231 e. The molecule has 34 heavy (non-hydrogen) atoms. The number of thiazole rings is 2. The van der Waals surface area contributed by atoms with E-state index >= 15 is 0 Å². The lowest BCUT2D eigenvalue weighted by Crippen LogP contribution is -2.28. The van der Waals surface area contributed by atoms with Crippen LogP contribution in [0.3, 0.4) is 0 Å². The van der Waals surface area contributed by atoms with Crippen LogP contribution in [0.4, 0.5) is 10.8 Å². The minimum atomic E-state index is -0.434. The molecule has 1 saturated heterocycles. The summed E-state index contributed by atoms with van der Waals surface area (Å²) in [4.78, 5) is 37.6. The molecule has 2 aromatic heterocycles. The molecule has 3 heterocycles. The van der Waals surface area contributed by atoms with Crippen LogP contribution in [0.1, 0.15) is 21.9 Å². The van der Waals surface area contributed by atoms with E-state index in [1.807, 2.05) is 57.2 Å². The molecule has 5 rings (SSSR count). The fourth-order valence-corrected chi connectivity index (χ4v) is 5.93. The van der Waals surface area contributed by atoms with Crippen molar-refractivity contribution in [2.24, 2.45) is 5.92 Å². The van der Waals surface area contributed by atoms with E-state index in [-0.39, 0.29) is 18.2 Å². The van der Waals surface area contributed by atoms with Crippen molar-refractivity contribution in [1.82, 2.24) is 9.97 Å². The molecule has 174 valence electrons. The van der Waals surface area contributed by atoms with Gasteiger partial charge in [-0.1, -0.05) is 0 Å². The number of methoxy groups -OCH3 is 1. The molecule has 4 aromatic rings. The van der Waals surface area contributed by atoms with Crippen molar-refractivity contribution in [3.8, 4) is 17.0 Å².